The summed E-state index contributed by atoms with van der Waals surface area (Å²) in [4.78, 5) is 18.4. The van der Waals surface area contributed by atoms with Crippen LogP contribution in [0.15, 0.2) is 54.7 Å². The molecule has 32 heavy (non-hydrogen) atoms. The van der Waals surface area contributed by atoms with Crippen LogP contribution in [0.3, 0.4) is 0 Å². The maximum atomic E-state index is 13.5. The lowest BCUT2D eigenvalue weighted by Gasteiger charge is -2.28. The third-order valence-corrected chi connectivity index (χ3v) is 5.53. The molecule has 0 saturated carbocycles. The number of rotatable bonds is 7. The van der Waals surface area contributed by atoms with E-state index >= 15 is 0 Å². The van der Waals surface area contributed by atoms with Crippen LogP contribution >= 0.6 is 11.6 Å². The number of amides is 1. The Morgan fingerprint density at radius 3 is 2.62 bits per heavy atom. The highest BCUT2D eigenvalue weighted by Gasteiger charge is 2.13. The summed E-state index contributed by atoms with van der Waals surface area (Å²) < 4.78 is 18.9. The molecule has 1 aliphatic heterocycles. The molecule has 3 aromatic rings. The van der Waals surface area contributed by atoms with Gasteiger partial charge in [0.05, 0.1) is 24.5 Å². The molecule has 0 radical (unpaired) electrons. The standard InChI is InChI=1S/C23H23ClFN5O2/c24-20-6-1-16(25)11-15(20)13-27-21-12-22(28-14-19(21)23(26)31)29-17-2-4-18(5-3-17)30-7-9-32-10-8-30/h1-6,11-12,14H,7-10,13H2,(H2,26,31)(H2,27,28,29). The van der Waals surface area contributed by atoms with Crippen LogP contribution in [0.5, 0.6) is 0 Å². The SMILES string of the molecule is NC(=O)c1cnc(Nc2ccc(N3CCOCC3)cc2)cc1NCc1cc(F)ccc1Cl. The highest BCUT2D eigenvalue weighted by atomic mass is 35.5. The van der Waals surface area contributed by atoms with E-state index in [1.807, 2.05) is 24.3 Å². The monoisotopic (exact) mass is 455 g/mol. The Morgan fingerprint density at radius 2 is 1.91 bits per heavy atom. The first kappa shape index (κ1) is 21.9. The molecule has 4 rings (SSSR count). The summed E-state index contributed by atoms with van der Waals surface area (Å²) in [6.45, 7) is 3.41. The summed E-state index contributed by atoms with van der Waals surface area (Å²) in [5, 5.41) is 6.76. The predicted molar refractivity (Wildman–Crippen MR) is 124 cm³/mol. The average Bonchev–Trinajstić information content (AvgIpc) is 2.80. The number of hydrogen-bond donors (Lipinski definition) is 3. The second-order valence-corrected chi connectivity index (χ2v) is 7.75. The third-order valence-electron chi connectivity index (χ3n) is 5.16. The smallest absolute Gasteiger partial charge is 0.252 e. The minimum atomic E-state index is -0.619. The van der Waals surface area contributed by atoms with Crippen LogP contribution in [0.1, 0.15) is 15.9 Å². The molecule has 0 unspecified atom stereocenters. The summed E-state index contributed by atoms with van der Waals surface area (Å²) in [6, 6.07) is 13.8. The largest absolute Gasteiger partial charge is 0.380 e. The van der Waals surface area contributed by atoms with Gasteiger partial charge in [-0.1, -0.05) is 11.6 Å². The minimum absolute atomic E-state index is 0.217. The van der Waals surface area contributed by atoms with Gasteiger partial charge in [0.15, 0.2) is 0 Å². The van der Waals surface area contributed by atoms with Gasteiger partial charge in [0, 0.05) is 48.3 Å². The molecule has 2 heterocycles. The van der Waals surface area contributed by atoms with Gasteiger partial charge in [0.1, 0.15) is 11.6 Å². The van der Waals surface area contributed by atoms with Gasteiger partial charge in [-0.25, -0.2) is 9.37 Å². The number of morpholine rings is 1. The second kappa shape index (κ2) is 9.84. The molecule has 0 atom stereocenters. The molecule has 1 saturated heterocycles. The average molecular weight is 456 g/mol. The van der Waals surface area contributed by atoms with Crippen LogP contribution in [0.2, 0.25) is 5.02 Å². The Bertz CT molecular complexity index is 1100. The number of nitrogens with zero attached hydrogens (tertiary/aromatic N) is 2. The number of carbonyl (C=O) groups is 1. The van der Waals surface area contributed by atoms with Crippen molar-refractivity contribution in [3.05, 3.63) is 76.7 Å². The molecule has 4 N–H and O–H groups in total. The van der Waals surface area contributed by atoms with Gasteiger partial charge in [-0.3, -0.25) is 4.79 Å². The molecule has 1 aromatic heterocycles. The summed E-state index contributed by atoms with van der Waals surface area (Å²) in [5.74, 6) is -0.479. The fourth-order valence-corrected chi connectivity index (χ4v) is 3.64. The van der Waals surface area contributed by atoms with Gasteiger partial charge in [-0.05, 0) is 48.0 Å². The fraction of sp³-hybridized carbons (Fsp3) is 0.217. The lowest BCUT2D eigenvalue weighted by atomic mass is 10.1. The van der Waals surface area contributed by atoms with Crippen LogP contribution in [-0.4, -0.2) is 37.2 Å². The second-order valence-electron chi connectivity index (χ2n) is 7.34. The molecule has 166 valence electrons. The fourth-order valence-electron chi connectivity index (χ4n) is 3.46. The first-order valence-electron chi connectivity index (χ1n) is 10.2. The number of anilines is 4. The number of aromatic nitrogens is 1. The molecule has 9 heteroatoms. The van der Waals surface area contributed by atoms with Crippen LogP contribution in [0.4, 0.5) is 27.3 Å². The summed E-state index contributed by atoms with van der Waals surface area (Å²) >= 11 is 6.14. The van der Waals surface area contributed by atoms with Crippen molar-refractivity contribution in [2.45, 2.75) is 6.54 Å². The Kier molecular flexibility index (Phi) is 6.72. The zero-order valence-corrected chi connectivity index (χ0v) is 18.0. The zero-order valence-electron chi connectivity index (χ0n) is 17.3. The summed E-state index contributed by atoms with van der Waals surface area (Å²) in [6.07, 6.45) is 1.41. The van der Waals surface area contributed by atoms with Gasteiger partial charge < -0.3 is 26.0 Å². The van der Waals surface area contributed by atoms with E-state index in [2.05, 4.69) is 20.5 Å². The van der Waals surface area contributed by atoms with E-state index in [-0.39, 0.29) is 17.9 Å². The number of benzene rings is 2. The van der Waals surface area contributed by atoms with Gasteiger partial charge in [0.25, 0.3) is 5.91 Å². The van der Waals surface area contributed by atoms with E-state index in [4.69, 9.17) is 22.1 Å². The van der Waals surface area contributed by atoms with Crippen LogP contribution in [0, 0.1) is 5.82 Å². The molecule has 0 spiro atoms. The topological polar surface area (TPSA) is 92.5 Å². The Hall–Kier alpha value is -3.36. The van der Waals surface area contributed by atoms with Crippen molar-refractivity contribution in [1.29, 1.82) is 0 Å². The first-order chi connectivity index (χ1) is 15.5. The quantitative estimate of drug-likeness (QED) is 0.495. The number of hydrogen-bond acceptors (Lipinski definition) is 6. The zero-order chi connectivity index (χ0) is 22.5. The van der Waals surface area contributed by atoms with Crippen LogP contribution in [0.25, 0.3) is 0 Å². The summed E-state index contributed by atoms with van der Waals surface area (Å²) in [7, 11) is 0. The Labute approximate surface area is 190 Å². The van der Waals surface area contributed by atoms with Crippen molar-refractivity contribution in [3.8, 4) is 0 Å². The lowest BCUT2D eigenvalue weighted by molar-refractivity contribution is 0.100. The molecule has 0 aliphatic carbocycles. The first-order valence-corrected chi connectivity index (χ1v) is 10.5. The number of nitrogens with two attached hydrogens (primary N) is 1. The van der Waals surface area contributed by atoms with Gasteiger partial charge in [-0.2, -0.15) is 0 Å². The molecule has 2 aromatic carbocycles. The predicted octanol–water partition coefficient (Wildman–Crippen LogP) is 4.17. The molecular weight excluding hydrogens is 433 g/mol. The van der Waals surface area contributed by atoms with Crippen molar-refractivity contribution in [3.63, 3.8) is 0 Å². The molecule has 1 fully saturated rings. The van der Waals surface area contributed by atoms with Crippen LogP contribution in [-0.2, 0) is 11.3 Å². The highest BCUT2D eigenvalue weighted by molar-refractivity contribution is 6.31. The Morgan fingerprint density at radius 1 is 1.16 bits per heavy atom. The normalized spacial score (nSPS) is 13.6. The van der Waals surface area contributed by atoms with Gasteiger partial charge >= 0.3 is 0 Å². The molecular formula is C23H23ClFN5O2. The third kappa shape index (κ3) is 5.27. The summed E-state index contributed by atoms with van der Waals surface area (Å²) in [5.41, 5.74) is 8.73. The van der Waals surface area contributed by atoms with Crippen molar-refractivity contribution in [2.75, 3.05) is 41.8 Å². The lowest BCUT2D eigenvalue weighted by Crippen LogP contribution is -2.36. The van der Waals surface area contributed by atoms with Crippen molar-refractivity contribution in [1.82, 2.24) is 4.98 Å². The number of pyridine rings is 1. The highest BCUT2D eigenvalue weighted by Crippen LogP contribution is 2.25. The van der Waals surface area contributed by atoms with E-state index < -0.39 is 5.91 Å². The number of ether oxygens (including phenoxy) is 1. The van der Waals surface area contributed by atoms with E-state index in [0.717, 1.165) is 37.7 Å². The number of halogens is 2. The number of carbonyl (C=O) groups excluding carboxylic acids is 1. The van der Waals surface area contributed by atoms with Crippen LogP contribution < -0.4 is 21.3 Å². The van der Waals surface area contributed by atoms with Gasteiger partial charge in [0.2, 0.25) is 0 Å². The van der Waals surface area contributed by atoms with Gasteiger partial charge in [-0.15, -0.1) is 0 Å². The van der Waals surface area contributed by atoms with Crippen molar-refractivity contribution >= 4 is 40.4 Å². The van der Waals surface area contributed by atoms with E-state index in [1.165, 1.54) is 24.4 Å². The molecule has 1 aliphatic rings. The Balaban J connectivity index is 1.49. The molecule has 7 nitrogen and oxygen atoms in total. The van der Waals surface area contributed by atoms with Crippen molar-refractivity contribution in [2.24, 2.45) is 5.73 Å². The van der Waals surface area contributed by atoms with E-state index in [9.17, 15) is 9.18 Å². The van der Waals surface area contributed by atoms with E-state index in [1.54, 1.807) is 6.07 Å². The number of primary amides is 1. The number of nitrogens with one attached hydrogen (secondary N) is 2. The maximum Gasteiger partial charge on any atom is 0.252 e. The van der Waals surface area contributed by atoms with E-state index in [0.29, 0.717) is 22.1 Å². The molecule has 1 amide bonds. The maximum absolute atomic E-state index is 13.5. The minimum Gasteiger partial charge on any atom is -0.380 e. The van der Waals surface area contributed by atoms with Crippen molar-refractivity contribution < 1.29 is 13.9 Å². The molecule has 0 bridgehead atoms.